The second-order valence-corrected chi connectivity index (χ2v) is 13.5. The topological polar surface area (TPSA) is 13.1 Å². The van der Waals surface area contributed by atoms with E-state index in [9.17, 15) is 0 Å². The van der Waals surface area contributed by atoms with Crippen LogP contribution in [-0.4, -0.2) is 0 Å². The first kappa shape index (κ1) is 24.6. The van der Waals surface area contributed by atoms with Gasteiger partial charge in [-0.05, 0) is 102 Å². The summed E-state index contributed by atoms with van der Waals surface area (Å²) >= 11 is 1.89. The molecule has 0 saturated carbocycles. The first-order chi connectivity index (χ1) is 22.8. The Kier molecular flexibility index (Phi) is 4.78. The Hall–Kier alpha value is -5.70. The first-order valence-electron chi connectivity index (χ1n) is 15.8. The molecule has 212 valence electrons. The molecule has 11 rings (SSSR count). The Balaban J connectivity index is 1.24. The van der Waals surface area contributed by atoms with E-state index in [4.69, 9.17) is 4.42 Å². The van der Waals surface area contributed by atoms with E-state index in [2.05, 4.69) is 146 Å². The van der Waals surface area contributed by atoms with Gasteiger partial charge in [-0.25, -0.2) is 0 Å². The van der Waals surface area contributed by atoms with Crippen LogP contribution in [0.4, 0.5) is 0 Å². The smallest absolute Gasteiger partial charge is 0.136 e. The predicted octanol–water partition coefficient (Wildman–Crippen LogP) is 13.3. The van der Waals surface area contributed by atoms with E-state index in [-0.39, 0.29) is 0 Å². The van der Waals surface area contributed by atoms with Crippen molar-refractivity contribution < 1.29 is 4.42 Å². The summed E-state index contributed by atoms with van der Waals surface area (Å²) in [5, 5.41) is 15.2. The third-order valence-corrected chi connectivity index (χ3v) is 11.1. The number of furan rings is 1. The molecule has 0 N–H and O–H groups in total. The molecule has 0 unspecified atom stereocenters. The molecule has 2 aromatic heterocycles. The Bertz CT molecular complexity index is 2970. The highest BCUT2D eigenvalue weighted by Crippen LogP contribution is 2.49. The lowest BCUT2D eigenvalue weighted by Gasteiger charge is -2.19. The number of fused-ring (bicyclic) bond motifs is 6. The van der Waals surface area contributed by atoms with Gasteiger partial charge in [0.2, 0.25) is 0 Å². The van der Waals surface area contributed by atoms with Crippen molar-refractivity contribution in [3.63, 3.8) is 0 Å². The maximum atomic E-state index is 6.34. The summed E-state index contributed by atoms with van der Waals surface area (Å²) in [6.45, 7) is 0. The van der Waals surface area contributed by atoms with Crippen molar-refractivity contribution in [1.82, 2.24) is 0 Å². The zero-order chi connectivity index (χ0) is 29.9. The summed E-state index contributed by atoms with van der Waals surface area (Å²) in [5.74, 6) is 0. The van der Waals surface area contributed by atoms with Crippen LogP contribution in [0.2, 0.25) is 0 Å². The van der Waals surface area contributed by atoms with Crippen molar-refractivity contribution in [3.05, 3.63) is 146 Å². The number of hydrogen-bond donors (Lipinski definition) is 0. The minimum atomic E-state index is 0.945. The Morgan fingerprint density at radius 3 is 1.72 bits per heavy atom. The molecule has 0 saturated heterocycles. The summed E-state index contributed by atoms with van der Waals surface area (Å²) < 4.78 is 8.99. The van der Waals surface area contributed by atoms with Crippen LogP contribution in [0.5, 0.6) is 0 Å². The van der Waals surface area contributed by atoms with Gasteiger partial charge < -0.3 is 4.42 Å². The van der Waals surface area contributed by atoms with Gasteiger partial charge in [0.15, 0.2) is 0 Å². The zero-order valence-electron chi connectivity index (χ0n) is 24.7. The number of thiophene rings is 1. The fourth-order valence-corrected chi connectivity index (χ4v) is 9.20. The third-order valence-electron chi connectivity index (χ3n) is 9.97. The van der Waals surface area contributed by atoms with E-state index in [1.165, 1.54) is 96.3 Å². The van der Waals surface area contributed by atoms with Crippen LogP contribution in [0, 0.1) is 0 Å². The molecule has 0 amide bonds. The number of benzene rings is 9. The molecule has 11 aromatic rings. The summed E-state index contributed by atoms with van der Waals surface area (Å²) in [5.41, 5.74) is 6.97. The van der Waals surface area contributed by atoms with Gasteiger partial charge in [0.1, 0.15) is 11.2 Å². The van der Waals surface area contributed by atoms with Crippen LogP contribution in [0.25, 0.3) is 107 Å². The fourth-order valence-electron chi connectivity index (χ4n) is 8.03. The number of hydrogen-bond acceptors (Lipinski definition) is 2. The van der Waals surface area contributed by atoms with Gasteiger partial charge >= 0.3 is 0 Å². The molecule has 46 heavy (non-hydrogen) atoms. The van der Waals surface area contributed by atoms with E-state index >= 15 is 0 Å². The largest absolute Gasteiger partial charge is 0.456 e. The van der Waals surface area contributed by atoms with Crippen LogP contribution in [-0.2, 0) is 0 Å². The lowest BCUT2D eigenvalue weighted by molar-refractivity contribution is 0.669. The van der Waals surface area contributed by atoms with E-state index in [0.717, 1.165) is 11.2 Å². The first-order valence-corrected chi connectivity index (χ1v) is 16.6. The Morgan fingerprint density at radius 1 is 0.370 bits per heavy atom. The minimum Gasteiger partial charge on any atom is -0.456 e. The maximum absolute atomic E-state index is 6.34. The minimum absolute atomic E-state index is 0.945. The molecule has 2 heteroatoms. The standard InChI is InChI=1S/C44H24OS/c1-2-10-26-23-40-35(21-25(26)9-1)29-20-19-28(24-39(29)46-40)41-30-12-3-5-14-32(30)43(33-15-6-4-13-31(33)41)36-22-27-11-7-17-37-42(27)44-34(36)16-8-18-38(44)45-37/h1-24H. The fraction of sp³-hybridized carbons (Fsp3) is 0. The van der Waals surface area contributed by atoms with Gasteiger partial charge in [0, 0.05) is 30.9 Å². The average Bonchev–Trinajstić information content (AvgIpc) is 3.66. The third kappa shape index (κ3) is 3.24. The lowest BCUT2D eigenvalue weighted by atomic mass is 9.84. The second-order valence-electron chi connectivity index (χ2n) is 12.4. The summed E-state index contributed by atoms with van der Waals surface area (Å²) in [7, 11) is 0. The SMILES string of the molecule is c1ccc2cc3c(cc2c1)sc1cc(-c2c4ccccc4c(-c4cc5cccc6oc7cccc4c7c56)c4ccccc24)ccc13. The average molecular weight is 601 g/mol. The molecule has 0 bridgehead atoms. The van der Waals surface area contributed by atoms with E-state index in [0.29, 0.717) is 0 Å². The van der Waals surface area contributed by atoms with Gasteiger partial charge in [-0.15, -0.1) is 11.3 Å². The normalized spacial score (nSPS) is 12.3. The molecular weight excluding hydrogens is 577 g/mol. The predicted molar refractivity (Wildman–Crippen MR) is 199 cm³/mol. The van der Waals surface area contributed by atoms with Crippen LogP contribution in [0.1, 0.15) is 0 Å². The molecule has 0 aliphatic carbocycles. The molecule has 0 radical (unpaired) electrons. The van der Waals surface area contributed by atoms with Crippen molar-refractivity contribution in [2.45, 2.75) is 0 Å². The molecule has 9 aromatic carbocycles. The van der Waals surface area contributed by atoms with Crippen LogP contribution >= 0.6 is 11.3 Å². The van der Waals surface area contributed by atoms with Crippen LogP contribution in [0.15, 0.2) is 150 Å². The van der Waals surface area contributed by atoms with Crippen molar-refractivity contribution in [1.29, 1.82) is 0 Å². The Labute approximate surface area is 267 Å². The quantitative estimate of drug-likeness (QED) is 0.142. The molecule has 0 spiro atoms. The van der Waals surface area contributed by atoms with Crippen molar-refractivity contribution in [2.75, 3.05) is 0 Å². The molecule has 0 atom stereocenters. The molecular formula is C44H24OS. The summed E-state index contributed by atoms with van der Waals surface area (Å²) in [6, 6.07) is 53.6. The zero-order valence-corrected chi connectivity index (χ0v) is 25.5. The molecule has 1 nitrogen and oxygen atoms in total. The molecule has 2 heterocycles. The van der Waals surface area contributed by atoms with E-state index in [1.807, 2.05) is 11.3 Å². The number of rotatable bonds is 2. The Morgan fingerprint density at radius 2 is 0.957 bits per heavy atom. The van der Waals surface area contributed by atoms with Gasteiger partial charge in [0.05, 0.1) is 0 Å². The summed E-state index contributed by atoms with van der Waals surface area (Å²) in [6.07, 6.45) is 0. The van der Waals surface area contributed by atoms with Crippen molar-refractivity contribution in [2.24, 2.45) is 0 Å². The van der Waals surface area contributed by atoms with Crippen LogP contribution in [0.3, 0.4) is 0 Å². The van der Waals surface area contributed by atoms with Gasteiger partial charge in [-0.3, -0.25) is 0 Å². The van der Waals surface area contributed by atoms with Crippen molar-refractivity contribution in [3.8, 4) is 22.3 Å². The van der Waals surface area contributed by atoms with Crippen molar-refractivity contribution >= 4 is 96.5 Å². The van der Waals surface area contributed by atoms with Crippen LogP contribution < -0.4 is 0 Å². The molecule has 0 aliphatic rings. The highest BCUT2D eigenvalue weighted by atomic mass is 32.1. The maximum Gasteiger partial charge on any atom is 0.136 e. The lowest BCUT2D eigenvalue weighted by Crippen LogP contribution is -1.92. The monoisotopic (exact) mass is 600 g/mol. The second kappa shape index (κ2) is 8.94. The van der Waals surface area contributed by atoms with Gasteiger partial charge in [-0.2, -0.15) is 0 Å². The highest BCUT2D eigenvalue weighted by molar-refractivity contribution is 7.25. The highest BCUT2D eigenvalue weighted by Gasteiger charge is 2.22. The van der Waals surface area contributed by atoms with Gasteiger partial charge in [0.25, 0.3) is 0 Å². The molecule has 0 fully saturated rings. The summed E-state index contributed by atoms with van der Waals surface area (Å²) in [4.78, 5) is 0. The van der Waals surface area contributed by atoms with E-state index in [1.54, 1.807) is 0 Å². The molecule has 0 aliphatic heterocycles. The van der Waals surface area contributed by atoms with Gasteiger partial charge in [-0.1, -0.05) is 109 Å². The van der Waals surface area contributed by atoms with E-state index < -0.39 is 0 Å².